The zero-order valence-electron chi connectivity index (χ0n) is 36.2. The van der Waals surface area contributed by atoms with Crippen LogP contribution in [0.2, 0.25) is 19.6 Å². The Morgan fingerprint density at radius 2 is 1.50 bits per heavy atom. The molecule has 0 aliphatic carbocycles. The maximum absolute atomic E-state index is 5.83. The first kappa shape index (κ1) is 42.7. The molecule has 4 heterocycles. The van der Waals surface area contributed by atoms with Gasteiger partial charge in [0.2, 0.25) is 5.71 Å². The summed E-state index contributed by atoms with van der Waals surface area (Å²) in [4.78, 5) is 14.2. The summed E-state index contributed by atoms with van der Waals surface area (Å²) < 4.78 is 8.20. The summed E-state index contributed by atoms with van der Waals surface area (Å²) in [5.41, 5.74) is 15.2. The number of benzene rings is 5. The molecule has 305 valence electrons. The first-order valence-electron chi connectivity index (χ1n) is 20.6. The van der Waals surface area contributed by atoms with Crippen LogP contribution in [-0.2, 0) is 25.5 Å². The van der Waals surface area contributed by atoms with E-state index in [1.54, 1.807) is 0 Å². The molecule has 5 aromatic carbocycles. The Hall–Kier alpha value is -5.46. The van der Waals surface area contributed by atoms with E-state index in [0.717, 1.165) is 55.7 Å². The van der Waals surface area contributed by atoms with E-state index >= 15 is 0 Å². The Morgan fingerprint density at radius 1 is 0.750 bits per heavy atom. The van der Waals surface area contributed by atoms with Crippen LogP contribution in [0.4, 0.5) is 0 Å². The second kappa shape index (κ2) is 16.9. The van der Waals surface area contributed by atoms with E-state index in [1.807, 2.05) is 37.4 Å². The number of fused-ring (bicyclic) bond motifs is 4. The average Bonchev–Trinajstić information content (AvgIpc) is 3.78. The molecule has 0 aliphatic heterocycles. The van der Waals surface area contributed by atoms with Crippen molar-refractivity contribution in [3.8, 4) is 39.5 Å². The number of aryl methyl sites for hydroxylation is 2. The summed E-state index contributed by atoms with van der Waals surface area (Å²) in [6.07, 6.45) is 2.01. The Morgan fingerprint density at radius 3 is 2.18 bits per heavy atom. The zero-order valence-corrected chi connectivity index (χ0v) is 39.6. The number of rotatable bonds is 6. The number of pyridine rings is 2. The summed E-state index contributed by atoms with van der Waals surface area (Å²) >= 11 is 0. The van der Waals surface area contributed by atoms with Gasteiger partial charge >= 0.3 is 0 Å². The fourth-order valence-electron chi connectivity index (χ4n) is 7.77. The van der Waals surface area contributed by atoms with E-state index in [0.29, 0.717) is 11.6 Å². The van der Waals surface area contributed by atoms with Gasteiger partial charge in [-0.25, -0.2) is 4.98 Å². The largest absolute Gasteiger partial charge is 0.486 e. The predicted molar refractivity (Wildman–Crippen MR) is 250 cm³/mol. The van der Waals surface area contributed by atoms with E-state index in [9.17, 15) is 0 Å². The maximum Gasteiger partial charge on any atom is 0.216 e. The number of para-hydroxylation sites is 2. The van der Waals surface area contributed by atoms with Crippen LogP contribution >= 0.6 is 0 Å². The van der Waals surface area contributed by atoms with Crippen molar-refractivity contribution in [2.24, 2.45) is 0 Å². The van der Waals surface area contributed by atoms with E-state index in [-0.39, 0.29) is 25.5 Å². The van der Waals surface area contributed by atoms with E-state index in [1.165, 1.54) is 38.7 Å². The number of imidazole rings is 1. The van der Waals surface area contributed by atoms with Crippen molar-refractivity contribution < 1.29 is 24.5 Å². The van der Waals surface area contributed by atoms with Crippen LogP contribution in [0.3, 0.4) is 0 Å². The minimum absolute atomic E-state index is 0. The fraction of sp³-hybridized carbons (Fsp3) is 0.226. The third kappa shape index (κ3) is 8.45. The molecule has 4 aromatic heterocycles. The first-order chi connectivity index (χ1) is 28.2. The van der Waals surface area contributed by atoms with Crippen LogP contribution in [0.15, 0.2) is 132 Å². The van der Waals surface area contributed by atoms with Crippen LogP contribution in [-0.4, -0.2) is 27.6 Å². The molecule has 0 aliphatic rings. The summed E-state index contributed by atoms with van der Waals surface area (Å²) in [7, 11) is -1.33. The zero-order chi connectivity index (χ0) is 41.6. The standard InChI is InChI=1S/C33H33N2.C20H19N2OSi.Ir/c1-22(2)27-20-25(26-17-11-10-14-23(26)3)21-28(33(4,5)6)31(27)35-30-19-13-12-18-29(30)34-32(35)24-15-8-7-9-16-24;1-13-5-8-16-17-11-14(6-10-19(17)23-20(16)22-13)18-9-7-15(12-21-18)24(2,3)4;/h7-15,17-22H,1-6H3;5,7-12H,1-4H3;/q2*-1;. The van der Waals surface area contributed by atoms with Gasteiger partial charge in [-0.05, 0) is 100 Å². The SMILES string of the molecule is Cc1ccc2c(n1)oc1c[c-]c(-c3ccc([Si](C)(C)C)cn3)cc12.Cc1ccccc1-c1cc(C(C)C)c(-n2c(-c3[c-]cccc3)nc3ccccc32)c(C(C)(C)C)c1.[Ir]. The second-order valence-electron chi connectivity index (χ2n) is 17.9. The van der Waals surface area contributed by atoms with Crippen molar-refractivity contribution in [3.05, 3.63) is 162 Å². The maximum atomic E-state index is 5.83. The number of hydrogen-bond acceptors (Lipinski definition) is 4. The number of furan rings is 1. The van der Waals surface area contributed by atoms with Gasteiger partial charge in [0.1, 0.15) is 0 Å². The summed E-state index contributed by atoms with van der Waals surface area (Å²) in [5.74, 6) is 1.27. The molecular weight excluding hydrogens is 929 g/mol. The van der Waals surface area contributed by atoms with Crippen molar-refractivity contribution in [1.29, 1.82) is 0 Å². The van der Waals surface area contributed by atoms with Crippen LogP contribution < -0.4 is 5.19 Å². The normalized spacial score (nSPS) is 11.8. The first-order valence-corrected chi connectivity index (χ1v) is 24.1. The van der Waals surface area contributed by atoms with Gasteiger partial charge in [0, 0.05) is 43.1 Å². The molecule has 0 amide bonds. The fourth-order valence-corrected chi connectivity index (χ4v) is 8.81. The molecule has 0 atom stereocenters. The molecule has 0 bridgehead atoms. The third-order valence-corrected chi connectivity index (χ3v) is 13.1. The Labute approximate surface area is 369 Å². The van der Waals surface area contributed by atoms with E-state index < -0.39 is 8.07 Å². The van der Waals surface area contributed by atoms with Gasteiger partial charge in [-0.1, -0.05) is 108 Å². The molecule has 9 aromatic rings. The molecule has 0 spiro atoms. The van der Waals surface area contributed by atoms with Crippen LogP contribution in [0.25, 0.3) is 72.6 Å². The summed E-state index contributed by atoms with van der Waals surface area (Å²) in [6.45, 7) is 22.7. The van der Waals surface area contributed by atoms with Crippen LogP contribution in [0, 0.1) is 26.0 Å². The van der Waals surface area contributed by atoms with Crippen molar-refractivity contribution in [1.82, 2.24) is 19.5 Å². The molecule has 7 heteroatoms. The molecule has 5 nitrogen and oxygen atoms in total. The van der Waals surface area contributed by atoms with Crippen molar-refractivity contribution in [2.75, 3.05) is 0 Å². The smallest absolute Gasteiger partial charge is 0.216 e. The van der Waals surface area contributed by atoms with Gasteiger partial charge in [-0.2, -0.15) is 0 Å². The summed E-state index contributed by atoms with van der Waals surface area (Å²) in [6, 6.07) is 49.1. The number of nitrogens with zero attached hydrogens (tertiary/aromatic N) is 4. The summed E-state index contributed by atoms with van der Waals surface area (Å²) in [5, 5.41) is 3.45. The topological polar surface area (TPSA) is 56.7 Å². The number of hydrogen-bond donors (Lipinski definition) is 0. The quantitative estimate of drug-likeness (QED) is 0.123. The number of aromatic nitrogens is 4. The van der Waals surface area contributed by atoms with Gasteiger partial charge in [0.15, 0.2) is 0 Å². The molecule has 0 saturated heterocycles. The van der Waals surface area contributed by atoms with E-state index in [2.05, 4.69) is 185 Å². The van der Waals surface area contributed by atoms with Crippen molar-refractivity contribution >= 4 is 46.4 Å². The Balaban J connectivity index is 0.000000191. The molecule has 9 rings (SSSR count). The van der Waals surface area contributed by atoms with Gasteiger partial charge in [-0.15, -0.1) is 59.7 Å². The van der Waals surface area contributed by atoms with Gasteiger partial charge in [-0.3, -0.25) is 4.98 Å². The minimum Gasteiger partial charge on any atom is -0.486 e. The molecule has 1 radical (unpaired) electrons. The Kier molecular flexibility index (Phi) is 12.0. The van der Waals surface area contributed by atoms with Crippen LogP contribution in [0.5, 0.6) is 0 Å². The van der Waals surface area contributed by atoms with Gasteiger partial charge in [0.25, 0.3) is 0 Å². The van der Waals surface area contributed by atoms with Gasteiger partial charge < -0.3 is 14.0 Å². The Bertz CT molecular complexity index is 2950. The molecule has 0 N–H and O–H groups in total. The van der Waals surface area contributed by atoms with Gasteiger partial charge in [0.05, 0.1) is 30.5 Å². The van der Waals surface area contributed by atoms with Crippen molar-refractivity contribution in [3.63, 3.8) is 0 Å². The third-order valence-electron chi connectivity index (χ3n) is 11.1. The van der Waals surface area contributed by atoms with Crippen LogP contribution in [0.1, 0.15) is 62.9 Å². The van der Waals surface area contributed by atoms with E-state index in [4.69, 9.17) is 9.40 Å². The minimum atomic E-state index is -1.33. The molecule has 0 unspecified atom stereocenters. The average molecular weight is 981 g/mol. The predicted octanol–water partition coefficient (Wildman–Crippen LogP) is 13.6. The molecular formula is C53H52IrN4OSi-2. The second-order valence-corrected chi connectivity index (χ2v) is 23.0. The molecule has 60 heavy (non-hydrogen) atoms. The van der Waals surface area contributed by atoms with Crippen molar-refractivity contribution in [2.45, 2.75) is 79.4 Å². The molecule has 0 saturated carbocycles. The monoisotopic (exact) mass is 981 g/mol. The molecule has 0 fully saturated rings.